The molecule has 0 radical (unpaired) electrons. The van der Waals surface area contributed by atoms with E-state index >= 15 is 0 Å². The number of H-pyrrole nitrogens is 1. The van der Waals surface area contributed by atoms with Crippen molar-refractivity contribution in [3.63, 3.8) is 0 Å². The molecule has 1 aliphatic heterocycles. The molecule has 1 saturated heterocycles. The van der Waals surface area contributed by atoms with Gasteiger partial charge in [0.05, 0.1) is 11.6 Å². The number of aliphatic imine (C=N–C) groups is 1. The van der Waals surface area contributed by atoms with Crippen LogP contribution in [-0.4, -0.2) is 58.4 Å². The van der Waals surface area contributed by atoms with Crippen LogP contribution in [0.15, 0.2) is 59.9 Å². The normalized spacial score (nSPS) is 18.7. The second-order valence-electron chi connectivity index (χ2n) is 6.73. The number of para-hydroxylation sites is 1. The zero-order valence-corrected chi connectivity index (χ0v) is 16.1. The number of benzene rings is 1. The van der Waals surface area contributed by atoms with Gasteiger partial charge in [0, 0.05) is 35.8 Å². The SMILES string of the molecule is CN(C)CC1CSC(=NC(=O)c2c[nH]c3ncccc23)N1c1ccccc1. The van der Waals surface area contributed by atoms with Gasteiger partial charge < -0.3 is 14.8 Å². The fourth-order valence-electron chi connectivity index (χ4n) is 3.30. The van der Waals surface area contributed by atoms with E-state index in [0.717, 1.165) is 28.5 Å². The molecule has 7 heteroatoms. The van der Waals surface area contributed by atoms with Gasteiger partial charge in [-0.3, -0.25) is 4.79 Å². The number of pyridine rings is 1. The van der Waals surface area contributed by atoms with Crippen molar-refractivity contribution in [3.8, 4) is 0 Å². The van der Waals surface area contributed by atoms with E-state index < -0.39 is 0 Å². The Morgan fingerprint density at radius 1 is 1.30 bits per heavy atom. The Morgan fingerprint density at radius 2 is 2.11 bits per heavy atom. The van der Waals surface area contributed by atoms with Crippen LogP contribution in [0.5, 0.6) is 0 Å². The van der Waals surface area contributed by atoms with Gasteiger partial charge in [0.2, 0.25) is 0 Å². The maximum atomic E-state index is 12.9. The molecule has 1 N–H and O–H groups in total. The zero-order chi connectivity index (χ0) is 18.8. The molecule has 2 aromatic heterocycles. The first-order valence-corrected chi connectivity index (χ1v) is 9.79. The highest BCUT2D eigenvalue weighted by molar-refractivity contribution is 8.14. The Morgan fingerprint density at radius 3 is 2.89 bits per heavy atom. The smallest absolute Gasteiger partial charge is 0.281 e. The van der Waals surface area contributed by atoms with Crippen LogP contribution < -0.4 is 4.90 Å². The average molecular weight is 379 g/mol. The van der Waals surface area contributed by atoms with Crippen LogP contribution in [0.4, 0.5) is 5.69 Å². The minimum atomic E-state index is -0.247. The maximum Gasteiger partial charge on any atom is 0.281 e. The number of hydrogen-bond acceptors (Lipinski definition) is 4. The fourth-order valence-corrected chi connectivity index (χ4v) is 4.44. The lowest BCUT2D eigenvalue weighted by Gasteiger charge is -2.28. The van der Waals surface area contributed by atoms with Crippen molar-refractivity contribution in [1.29, 1.82) is 0 Å². The van der Waals surface area contributed by atoms with Crippen molar-refractivity contribution >= 4 is 39.6 Å². The first-order chi connectivity index (χ1) is 13.1. The van der Waals surface area contributed by atoms with Crippen molar-refractivity contribution in [2.45, 2.75) is 6.04 Å². The van der Waals surface area contributed by atoms with Gasteiger partial charge >= 0.3 is 0 Å². The van der Waals surface area contributed by atoms with Crippen molar-refractivity contribution in [2.24, 2.45) is 4.99 Å². The Balaban J connectivity index is 1.69. The molecule has 27 heavy (non-hydrogen) atoms. The third-order valence-electron chi connectivity index (χ3n) is 4.47. The van der Waals surface area contributed by atoms with E-state index in [0.29, 0.717) is 11.2 Å². The number of aromatic nitrogens is 2. The molecular weight excluding hydrogens is 358 g/mol. The number of likely N-dealkylation sites (N-methyl/N-ethyl adjacent to an activating group) is 1. The number of thioether (sulfide) groups is 1. The van der Waals surface area contributed by atoms with Gasteiger partial charge in [-0.2, -0.15) is 4.99 Å². The van der Waals surface area contributed by atoms with E-state index in [1.807, 2.05) is 30.3 Å². The Labute approximate surface area is 162 Å². The fraction of sp³-hybridized carbons (Fsp3) is 0.250. The summed E-state index contributed by atoms with van der Waals surface area (Å²) in [6.07, 6.45) is 3.39. The summed E-state index contributed by atoms with van der Waals surface area (Å²) in [4.78, 5) is 29.0. The summed E-state index contributed by atoms with van der Waals surface area (Å²) in [5.41, 5.74) is 2.31. The van der Waals surface area contributed by atoms with Crippen LogP contribution in [0.3, 0.4) is 0 Å². The standard InChI is InChI=1S/C20H21N5OS/c1-24(2)12-15-13-27-20(25(15)14-7-4-3-5-8-14)23-19(26)17-11-22-18-16(17)9-6-10-21-18/h3-11,15H,12-13H2,1-2H3,(H,21,22). The van der Waals surface area contributed by atoms with Crippen LogP contribution in [0.25, 0.3) is 11.0 Å². The van der Waals surface area contributed by atoms with Gasteiger partial charge in [-0.15, -0.1) is 0 Å². The third-order valence-corrected chi connectivity index (χ3v) is 5.56. The molecule has 1 aliphatic rings. The van der Waals surface area contributed by atoms with E-state index in [-0.39, 0.29) is 11.9 Å². The predicted molar refractivity (Wildman–Crippen MR) is 112 cm³/mol. The molecule has 6 nitrogen and oxygen atoms in total. The molecule has 1 unspecified atom stereocenters. The molecular formula is C20H21N5OS. The lowest BCUT2D eigenvalue weighted by molar-refractivity contribution is 0.100. The van der Waals surface area contributed by atoms with E-state index in [1.165, 1.54) is 0 Å². The molecule has 1 atom stereocenters. The van der Waals surface area contributed by atoms with Crippen LogP contribution in [0.2, 0.25) is 0 Å². The van der Waals surface area contributed by atoms with Crippen LogP contribution in [-0.2, 0) is 0 Å². The van der Waals surface area contributed by atoms with Crippen LogP contribution in [0.1, 0.15) is 10.4 Å². The Kier molecular flexibility index (Phi) is 4.96. The van der Waals surface area contributed by atoms with E-state index in [4.69, 9.17) is 0 Å². The molecule has 0 bridgehead atoms. The molecule has 1 fully saturated rings. The number of amides is 1. The van der Waals surface area contributed by atoms with Crippen LogP contribution in [0, 0.1) is 0 Å². The minimum Gasteiger partial charge on any atom is -0.345 e. The summed E-state index contributed by atoms with van der Waals surface area (Å²) < 4.78 is 0. The molecule has 4 rings (SSSR count). The number of aromatic amines is 1. The lowest BCUT2D eigenvalue weighted by atomic mass is 10.2. The van der Waals surface area contributed by atoms with E-state index in [1.54, 1.807) is 24.2 Å². The topological polar surface area (TPSA) is 64.6 Å². The molecule has 3 heterocycles. The summed E-state index contributed by atoms with van der Waals surface area (Å²) in [5, 5.41) is 1.54. The highest BCUT2D eigenvalue weighted by Crippen LogP contribution is 2.31. The maximum absolute atomic E-state index is 12.9. The van der Waals surface area contributed by atoms with Crippen molar-refractivity contribution in [2.75, 3.05) is 31.3 Å². The number of anilines is 1. The Hall–Kier alpha value is -2.64. The molecule has 0 aliphatic carbocycles. The summed E-state index contributed by atoms with van der Waals surface area (Å²) in [6, 6.07) is 14.1. The minimum absolute atomic E-state index is 0.247. The molecule has 3 aromatic rings. The molecule has 1 aromatic carbocycles. The number of amidine groups is 1. The highest BCUT2D eigenvalue weighted by Gasteiger charge is 2.32. The quantitative estimate of drug-likeness (QED) is 0.754. The number of nitrogens with one attached hydrogen (secondary N) is 1. The number of rotatable bonds is 4. The van der Waals surface area contributed by atoms with Gasteiger partial charge in [-0.25, -0.2) is 4.98 Å². The van der Waals surface area contributed by atoms with Gasteiger partial charge in [0.25, 0.3) is 5.91 Å². The summed E-state index contributed by atoms with van der Waals surface area (Å²) in [5.74, 6) is 0.650. The van der Waals surface area contributed by atoms with Crippen molar-refractivity contribution < 1.29 is 4.79 Å². The van der Waals surface area contributed by atoms with E-state index in [2.05, 4.69) is 51.0 Å². The largest absolute Gasteiger partial charge is 0.345 e. The molecule has 138 valence electrons. The van der Waals surface area contributed by atoms with Gasteiger partial charge in [-0.1, -0.05) is 30.0 Å². The third kappa shape index (κ3) is 3.61. The number of hydrogen-bond donors (Lipinski definition) is 1. The number of nitrogens with zero attached hydrogens (tertiary/aromatic N) is 4. The van der Waals surface area contributed by atoms with Crippen molar-refractivity contribution in [3.05, 3.63) is 60.4 Å². The summed E-state index contributed by atoms with van der Waals surface area (Å²) in [6.45, 7) is 0.895. The molecule has 0 spiro atoms. The van der Waals surface area contributed by atoms with Crippen molar-refractivity contribution in [1.82, 2.24) is 14.9 Å². The molecule has 1 amide bonds. The Bertz CT molecular complexity index is 982. The zero-order valence-electron chi connectivity index (χ0n) is 15.3. The van der Waals surface area contributed by atoms with E-state index in [9.17, 15) is 4.79 Å². The second-order valence-corrected chi connectivity index (χ2v) is 7.72. The second kappa shape index (κ2) is 7.54. The monoisotopic (exact) mass is 379 g/mol. The number of carbonyl (C=O) groups excluding carboxylic acids is 1. The summed E-state index contributed by atoms with van der Waals surface area (Å²) in [7, 11) is 4.13. The first kappa shape index (κ1) is 17.8. The predicted octanol–water partition coefficient (Wildman–Crippen LogP) is 3.24. The van der Waals surface area contributed by atoms with Gasteiger partial charge in [0.15, 0.2) is 5.17 Å². The van der Waals surface area contributed by atoms with Crippen LogP contribution >= 0.6 is 11.8 Å². The average Bonchev–Trinajstić information content (AvgIpc) is 3.26. The highest BCUT2D eigenvalue weighted by atomic mass is 32.2. The number of fused-ring (bicyclic) bond motifs is 1. The lowest BCUT2D eigenvalue weighted by Crippen LogP contribution is -2.41. The summed E-state index contributed by atoms with van der Waals surface area (Å²) >= 11 is 1.63. The molecule has 0 saturated carbocycles. The first-order valence-electron chi connectivity index (χ1n) is 8.80. The van der Waals surface area contributed by atoms with Gasteiger partial charge in [0.1, 0.15) is 5.65 Å². The number of carbonyl (C=O) groups is 1. The van der Waals surface area contributed by atoms with Gasteiger partial charge in [-0.05, 0) is 38.4 Å².